The van der Waals surface area contributed by atoms with Crippen molar-refractivity contribution in [3.05, 3.63) is 0 Å². The number of carbonyl (C=O) groups excluding carboxylic acids is 3. The molecule has 0 saturated carbocycles. The Morgan fingerprint density at radius 1 is 0.829 bits per heavy atom. The highest BCUT2D eigenvalue weighted by Crippen LogP contribution is 2.05. The molecule has 0 radical (unpaired) electrons. The van der Waals surface area contributed by atoms with Gasteiger partial charge in [0, 0.05) is 6.54 Å². The van der Waals surface area contributed by atoms with Crippen LogP contribution in [0, 0.1) is 0 Å². The van der Waals surface area contributed by atoms with Gasteiger partial charge in [-0.3, -0.25) is 19.4 Å². The van der Waals surface area contributed by atoms with E-state index in [9.17, 15) is 29.4 Å². The number of unbranched alkanes of at least 4 members (excludes halogenated alkanes) is 1. The highest BCUT2D eigenvalue weighted by atomic mass is 16.4. The number of hydrogen-bond acceptors (Lipinski definition) is 9. The van der Waals surface area contributed by atoms with Gasteiger partial charge in [0.1, 0.15) is 12.1 Å². The lowest BCUT2D eigenvalue weighted by Gasteiger charge is -2.27. The summed E-state index contributed by atoms with van der Waals surface area (Å²) in [5.41, 5.74) is 21.9. The number of carboxylic acid groups (broad SMARTS) is 1. The van der Waals surface area contributed by atoms with E-state index in [4.69, 9.17) is 28.0 Å². The Morgan fingerprint density at radius 3 is 1.89 bits per heavy atom. The van der Waals surface area contributed by atoms with Gasteiger partial charge < -0.3 is 54.2 Å². The number of rotatable bonds is 17. The molecule has 6 unspecified atom stereocenters. The number of aliphatic carboxylic acids is 1. The molecule has 0 saturated heterocycles. The standard InChI is InChI=1S/C20H40N8O7/c1-10(29)14(18(33)28-15(11(2)30)19(34)35)27-17(32)13(7-3-4-8-21)26-16(31)12(22)6-5-9-25-20(23)24/h10-15,29-30H,3-9,21-22H2,1-2H3,(H,26,31)(H,27,32)(H,28,33)(H,34,35)(H4,23,24,25). The molecule has 0 aromatic rings. The Balaban J connectivity index is 5.33. The maximum absolute atomic E-state index is 12.9. The van der Waals surface area contributed by atoms with Gasteiger partial charge in [-0.2, -0.15) is 0 Å². The fourth-order valence-corrected chi connectivity index (χ4v) is 2.98. The fourth-order valence-electron chi connectivity index (χ4n) is 2.98. The molecule has 0 aliphatic carbocycles. The molecule has 0 fully saturated rings. The number of aliphatic imine (C=N–C) groups is 1. The second-order valence-corrected chi connectivity index (χ2v) is 8.19. The van der Waals surface area contributed by atoms with Crippen LogP contribution in [0.15, 0.2) is 4.99 Å². The Morgan fingerprint density at radius 2 is 1.40 bits per heavy atom. The summed E-state index contributed by atoms with van der Waals surface area (Å²) >= 11 is 0. The highest BCUT2D eigenvalue weighted by molar-refractivity contribution is 5.94. The first-order valence-electron chi connectivity index (χ1n) is 11.3. The zero-order chi connectivity index (χ0) is 27.1. The molecule has 0 bridgehead atoms. The summed E-state index contributed by atoms with van der Waals surface area (Å²) in [6.45, 7) is 3.02. The summed E-state index contributed by atoms with van der Waals surface area (Å²) in [4.78, 5) is 53.0. The molecule has 0 aliphatic rings. The number of amides is 3. The van der Waals surface area contributed by atoms with E-state index in [2.05, 4.69) is 20.9 Å². The topological polar surface area (TPSA) is 282 Å². The molecule has 6 atom stereocenters. The average Bonchev–Trinajstić information content (AvgIpc) is 2.76. The lowest BCUT2D eigenvalue weighted by molar-refractivity contribution is -0.146. The Kier molecular flexibility index (Phi) is 15.2. The molecule has 0 rings (SSSR count). The van der Waals surface area contributed by atoms with Gasteiger partial charge in [-0.1, -0.05) is 0 Å². The molecule has 0 spiro atoms. The quantitative estimate of drug-likeness (QED) is 0.0514. The summed E-state index contributed by atoms with van der Waals surface area (Å²) < 4.78 is 0. The van der Waals surface area contributed by atoms with Crippen LogP contribution in [-0.4, -0.2) is 94.4 Å². The number of guanidine groups is 1. The maximum atomic E-state index is 12.9. The lowest BCUT2D eigenvalue weighted by Crippen LogP contribution is -2.60. The molecule has 0 heterocycles. The molecular weight excluding hydrogens is 464 g/mol. The molecule has 35 heavy (non-hydrogen) atoms. The number of aliphatic hydroxyl groups excluding tert-OH is 2. The minimum atomic E-state index is -1.65. The summed E-state index contributed by atoms with van der Waals surface area (Å²) in [7, 11) is 0. The monoisotopic (exact) mass is 504 g/mol. The third-order valence-electron chi connectivity index (χ3n) is 4.99. The van der Waals surface area contributed by atoms with Gasteiger partial charge in [0.05, 0.1) is 18.2 Å². The predicted molar refractivity (Wildman–Crippen MR) is 128 cm³/mol. The molecule has 202 valence electrons. The molecular formula is C20H40N8O7. The zero-order valence-corrected chi connectivity index (χ0v) is 20.1. The smallest absolute Gasteiger partial charge is 0.328 e. The number of nitrogens with zero attached hydrogens (tertiary/aromatic N) is 1. The zero-order valence-electron chi connectivity index (χ0n) is 20.1. The number of carboxylic acids is 1. The Hall–Kier alpha value is -3.01. The first-order chi connectivity index (χ1) is 16.3. The largest absolute Gasteiger partial charge is 0.480 e. The fraction of sp³-hybridized carbons (Fsp3) is 0.750. The van der Waals surface area contributed by atoms with Crippen LogP contribution in [0.4, 0.5) is 0 Å². The van der Waals surface area contributed by atoms with Crippen LogP contribution in [0.3, 0.4) is 0 Å². The molecule has 0 aromatic carbocycles. The van der Waals surface area contributed by atoms with Gasteiger partial charge in [-0.15, -0.1) is 0 Å². The minimum Gasteiger partial charge on any atom is -0.480 e. The molecule has 3 amide bonds. The van der Waals surface area contributed by atoms with Gasteiger partial charge in [-0.25, -0.2) is 4.79 Å². The van der Waals surface area contributed by atoms with Crippen molar-refractivity contribution in [1.29, 1.82) is 0 Å². The van der Waals surface area contributed by atoms with Gasteiger partial charge in [0.25, 0.3) is 0 Å². The van der Waals surface area contributed by atoms with Crippen LogP contribution < -0.4 is 38.9 Å². The average molecular weight is 505 g/mol. The molecule has 15 heteroatoms. The van der Waals surface area contributed by atoms with E-state index in [0.717, 1.165) is 0 Å². The van der Waals surface area contributed by atoms with E-state index in [1.807, 2.05) is 0 Å². The summed E-state index contributed by atoms with van der Waals surface area (Å²) in [6.07, 6.45) is -0.958. The molecule has 0 aliphatic heterocycles. The van der Waals surface area contributed by atoms with Crippen molar-refractivity contribution in [2.45, 2.75) is 82.3 Å². The van der Waals surface area contributed by atoms with Crippen LogP contribution in [0.2, 0.25) is 0 Å². The molecule has 15 nitrogen and oxygen atoms in total. The van der Waals surface area contributed by atoms with Gasteiger partial charge in [-0.05, 0) is 52.5 Å². The highest BCUT2D eigenvalue weighted by Gasteiger charge is 2.33. The van der Waals surface area contributed by atoms with E-state index >= 15 is 0 Å². The number of nitrogens with two attached hydrogens (primary N) is 4. The van der Waals surface area contributed by atoms with E-state index in [-0.39, 0.29) is 25.3 Å². The van der Waals surface area contributed by atoms with Crippen molar-refractivity contribution in [3.63, 3.8) is 0 Å². The second kappa shape index (κ2) is 16.6. The number of hydrogen-bond donors (Lipinski definition) is 10. The molecule has 14 N–H and O–H groups in total. The van der Waals surface area contributed by atoms with Gasteiger partial charge >= 0.3 is 5.97 Å². The number of nitrogens with one attached hydrogen (secondary N) is 3. The van der Waals surface area contributed by atoms with E-state index in [0.29, 0.717) is 25.8 Å². The van der Waals surface area contributed by atoms with Crippen molar-refractivity contribution >= 4 is 29.7 Å². The van der Waals surface area contributed by atoms with Crippen molar-refractivity contribution in [3.8, 4) is 0 Å². The molecule has 0 aromatic heterocycles. The van der Waals surface area contributed by atoms with Crippen LogP contribution >= 0.6 is 0 Å². The summed E-state index contributed by atoms with van der Waals surface area (Å²) in [6, 6.07) is -5.26. The SMILES string of the molecule is CC(O)C(NC(=O)C(NC(=O)C(CCCCN)NC(=O)C(N)CCCN=C(N)N)C(C)O)C(=O)O. The maximum Gasteiger partial charge on any atom is 0.328 e. The number of aliphatic hydroxyl groups is 2. The van der Waals surface area contributed by atoms with Gasteiger partial charge in [0.15, 0.2) is 12.0 Å². The summed E-state index contributed by atoms with van der Waals surface area (Å²) in [5, 5.41) is 35.7. The van der Waals surface area contributed by atoms with Crippen LogP contribution in [-0.2, 0) is 19.2 Å². The van der Waals surface area contributed by atoms with Crippen molar-refractivity contribution < 1.29 is 34.5 Å². The first-order valence-corrected chi connectivity index (χ1v) is 11.3. The van der Waals surface area contributed by atoms with E-state index in [1.165, 1.54) is 13.8 Å². The van der Waals surface area contributed by atoms with Gasteiger partial charge in [0.2, 0.25) is 17.7 Å². The second-order valence-electron chi connectivity index (χ2n) is 8.19. The first kappa shape index (κ1) is 32.0. The third kappa shape index (κ3) is 12.9. The van der Waals surface area contributed by atoms with Crippen LogP contribution in [0.5, 0.6) is 0 Å². The minimum absolute atomic E-state index is 0.0838. The predicted octanol–water partition coefficient (Wildman–Crippen LogP) is -4.20. The lowest BCUT2D eigenvalue weighted by atomic mass is 10.0. The van der Waals surface area contributed by atoms with Crippen LogP contribution in [0.1, 0.15) is 46.0 Å². The van der Waals surface area contributed by atoms with Crippen molar-refractivity contribution in [2.24, 2.45) is 27.9 Å². The normalized spacial score (nSPS) is 16.1. The summed E-state index contributed by atoms with van der Waals surface area (Å²) in [5.74, 6) is -4.00. The number of carbonyl (C=O) groups is 4. The van der Waals surface area contributed by atoms with E-state index < -0.39 is 60.1 Å². The third-order valence-corrected chi connectivity index (χ3v) is 4.99. The van der Waals surface area contributed by atoms with Crippen molar-refractivity contribution in [2.75, 3.05) is 13.1 Å². The Labute approximate surface area is 204 Å². The van der Waals surface area contributed by atoms with Crippen LogP contribution in [0.25, 0.3) is 0 Å². The van der Waals surface area contributed by atoms with E-state index in [1.54, 1.807) is 0 Å². The van der Waals surface area contributed by atoms with Crippen molar-refractivity contribution in [1.82, 2.24) is 16.0 Å². The Bertz CT molecular complexity index is 728.